The third-order valence-corrected chi connectivity index (χ3v) is 8.48. The topological polar surface area (TPSA) is 59.0 Å². The zero-order valence-electron chi connectivity index (χ0n) is 21.8. The lowest BCUT2D eigenvalue weighted by molar-refractivity contribution is -0.143. The summed E-state index contributed by atoms with van der Waals surface area (Å²) >= 11 is 1.74. The highest BCUT2D eigenvalue weighted by molar-refractivity contribution is 7.17. The van der Waals surface area contributed by atoms with Gasteiger partial charge in [-0.25, -0.2) is 0 Å². The largest absolute Gasteiger partial charge is 0.497 e. The van der Waals surface area contributed by atoms with Gasteiger partial charge in [0.15, 0.2) is 0 Å². The van der Waals surface area contributed by atoms with Gasteiger partial charge in [-0.3, -0.25) is 9.69 Å². The number of thiophene rings is 1. The van der Waals surface area contributed by atoms with Crippen LogP contribution >= 0.6 is 11.3 Å². The lowest BCUT2D eigenvalue weighted by Gasteiger charge is -2.34. The summed E-state index contributed by atoms with van der Waals surface area (Å²) in [7, 11) is 3.36. The predicted octanol–water partition coefficient (Wildman–Crippen LogP) is 6.61. The molecule has 3 aromatic carbocycles. The van der Waals surface area contributed by atoms with Gasteiger partial charge in [0.25, 0.3) is 0 Å². The molecule has 0 bridgehead atoms. The molecule has 4 aromatic rings. The van der Waals surface area contributed by atoms with Crippen LogP contribution in [-0.4, -0.2) is 49.8 Å². The van der Waals surface area contributed by atoms with Crippen molar-refractivity contribution in [3.63, 3.8) is 0 Å². The minimum absolute atomic E-state index is 0.300. The molecule has 1 aliphatic rings. The summed E-state index contributed by atoms with van der Waals surface area (Å²) in [4.78, 5) is 13.9. The van der Waals surface area contributed by atoms with Crippen LogP contribution in [0, 0.1) is 5.92 Å². The van der Waals surface area contributed by atoms with Gasteiger partial charge in [0.1, 0.15) is 11.5 Å². The molecule has 5 rings (SSSR count). The van der Waals surface area contributed by atoms with Crippen LogP contribution in [0.15, 0.2) is 90.3 Å². The summed E-state index contributed by atoms with van der Waals surface area (Å²) in [6.07, 6.45) is 6.14. The summed E-state index contributed by atoms with van der Waals surface area (Å²) in [6.45, 7) is 2.18. The highest BCUT2D eigenvalue weighted by Gasteiger charge is 2.34. The molecule has 1 aliphatic heterocycles. The number of carboxylic acids is 1. The van der Waals surface area contributed by atoms with E-state index in [0.717, 1.165) is 47.6 Å². The molecule has 1 N–H and O–H groups in total. The van der Waals surface area contributed by atoms with Crippen molar-refractivity contribution in [2.75, 3.05) is 33.9 Å². The second-order valence-corrected chi connectivity index (χ2v) is 10.7. The second kappa shape index (κ2) is 11.4. The van der Waals surface area contributed by atoms with Gasteiger partial charge in [-0.2, -0.15) is 0 Å². The van der Waals surface area contributed by atoms with Crippen LogP contribution in [0.3, 0.4) is 0 Å². The average Bonchev–Trinajstić information content (AvgIpc) is 3.44. The van der Waals surface area contributed by atoms with Crippen LogP contribution in [0.2, 0.25) is 0 Å². The van der Waals surface area contributed by atoms with Crippen molar-refractivity contribution >= 4 is 27.4 Å². The van der Waals surface area contributed by atoms with E-state index in [4.69, 9.17) is 9.47 Å². The summed E-state index contributed by atoms with van der Waals surface area (Å²) in [6, 6.07) is 25.4. The normalized spacial score (nSPS) is 16.6. The number of allylic oxidation sites excluding steroid dienone is 1. The van der Waals surface area contributed by atoms with Crippen LogP contribution < -0.4 is 9.47 Å². The molecule has 1 fully saturated rings. The van der Waals surface area contributed by atoms with E-state index in [2.05, 4.69) is 71.0 Å². The lowest BCUT2D eigenvalue weighted by Crippen LogP contribution is -2.38. The third-order valence-electron chi connectivity index (χ3n) is 7.58. The number of hydrogen-bond donors (Lipinski definition) is 1. The molecule has 1 unspecified atom stereocenters. The summed E-state index contributed by atoms with van der Waals surface area (Å²) < 4.78 is 12.2. The van der Waals surface area contributed by atoms with E-state index < -0.39 is 11.4 Å². The Kier molecular flexibility index (Phi) is 7.82. The van der Waals surface area contributed by atoms with Crippen LogP contribution in [0.5, 0.6) is 11.5 Å². The maximum atomic E-state index is 11.6. The molecule has 2 heterocycles. The van der Waals surface area contributed by atoms with Gasteiger partial charge >= 0.3 is 5.97 Å². The second-order valence-electron chi connectivity index (χ2n) is 9.78. The first-order valence-corrected chi connectivity index (χ1v) is 13.8. The number of carbonyl (C=O) groups is 1. The number of carboxylic acid groups (broad SMARTS) is 1. The highest BCUT2D eigenvalue weighted by Crippen LogP contribution is 2.43. The van der Waals surface area contributed by atoms with Gasteiger partial charge in [-0.05, 0) is 89.3 Å². The Morgan fingerprint density at radius 3 is 2.21 bits per heavy atom. The molecule has 1 aromatic heterocycles. The molecule has 6 heteroatoms. The van der Waals surface area contributed by atoms with Gasteiger partial charge in [-0.1, -0.05) is 42.5 Å². The van der Waals surface area contributed by atoms with Crippen molar-refractivity contribution in [1.82, 2.24) is 4.90 Å². The number of rotatable bonds is 9. The van der Waals surface area contributed by atoms with Gasteiger partial charge in [-0.15, -0.1) is 11.3 Å². The van der Waals surface area contributed by atoms with E-state index >= 15 is 0 Å². The number of methoxy groups -OCH3 is 2. The zero-order valence-corrected chi connectivity index (χ0v) is 22.6. The molecule has 5 nitrogen and oxygen atoms in total. The Morgan fingerprint density at radius 2 is 1.61 bits per heavy atom. The zero-order chi connectivity index (χ0) is 26.5. The van der Waals surface area contributed by atoms with Gasteiger partial charge in [0.05, 0.1) is 25.6 Å². The number of piperidine rings is 1. The van der Waals surface area contributed by atoms with Crippen molar-refractivity contribution in [2.24, 2.45) is 5.92 Å². The van der Waals surface area contributed by atoms with Crippen LogP contribution in [0.4, 0.5) is 0 Å². The monoisotopic (exact) mass is 527 g/mol. The number of fused-ring (bicyclic) bond motifs is 1. The molecule has 38 heavy (non-hydrogen) atoms. The molecule has 1 atom stereocenters. The van der Waals surface area contributed by atoms with Crippen molar-refractivity contribution in [1.29, 1.82) is 0 Å². The third kappa shape index (κ3) is 5.19. The van der Waals surface area contributed by atoms with E-state index in [1.54, 1.807) is 25.6 Å². The Hall–Kier alpha value is -3.61. The first kappa shape index (κ1) is 26.0. The Balaban J connectivity index is 1.63. The average molecular weight is 528 g/mol. The summed E-state index contributed by atoms with van der Waals surface area (Å²) in [5.41, 5.74) is 2.83. The number of ether oxygens (including phenoxy) is 2. The molecule has 0 aliphatic carbocycles. The maximum Gasteiger partial charge on any atom is 0.307 e. The van der Waals surface area contributed by atoms with Gasteiger partial charge in [0.2, 0.25) is 0 Å². The maximum absolute atomic E-state index is 11.6. The fourth-order valence-corrected chi connectivity index (χ4v) is 6.28. The molecular weight excluding hydrogens is 494 g/mol. The first-order chi connectivity index (χ1) is 18.5. The SMILES string of the molecule is COc1ccc(C(/C=C/CN2CCCC(C(=O)O)C2)(c2ccc(OC)cc2)c2ccc3sccc3c2)cc1. The van der Waals surface area contributed by atoms with Gasteiger partial charge < -0.3 is 14.6 Å². The predicted molar refractivity (Wildman–Crippen MR) is 154 cm³/mol. The number of benzene rings is 3. The van der Waals surface area contributed by atoms with Crippen LogP contribution in [0.25, 0.3) is 10.1 Å². The summed E-state index contributed by atoms with van der Waals surface area (Å²) in [5.74, 6) is 0.616. The fraction of sp³-hybridized carbons (Fsp3) is 0.281. The number of aliphatic carboxylic acids is 1. The molecule has 196 valence electrons. The molecule has 1 saturated heterocycles. The van der Waals surface area contributed by atoms with Crippen molar-refractivity contribution in [2.45, 2.75) is 18.3 Å². The highest BCUT2D eigenvalue weighted by atomic mass is 32.1. The molecular formula is C32H33NO4S. The fourth-order valence-electron chi connectivity index (χ4n) is 5.51. The quantitative estimate of drug-likeness (QED) is 0.196. The van der Waals surface area contributed by atoms with Gasteiger partial charge in [0, 0.05) is 17.8 Å². The Morgan fingerprint density at radius 1 is 0.974 bits per heavy atom. The van der Waals surface area contributed by atoms with E-state index in [1.165, 1.54) is 10.1 Å². The van der Waals surface area contributed by atoms with Crippen molar-refractivity contribution in [3.05, 3.63) is 107 Å². The molecule has 0 radical (unpaired) electrons. The van der Waals surface area contributed by atoms with Crippen molar-refractivity contribution < 1.29 is 19.4 Å². The number of hydrogen-bond acceptors (Lipinski definition) is 5. The van der Waals surface area contributed by atoms with Crippen molar-refractivity contribution in [3.8, 4) is 11.5 Å². The molecule has 0 saturated carbocycles. The van der Waals surface area contributed by atoms with Crippen LogP contribution in [-0.2, 0) is 10.2 Å². The minimum atomic E-state index is -0.700. The first-order valence-electron chi connectivity index (χ1n) is 12.9. The standard InChI is InChI=1S/C32H33NO4S/c1-36-28-11-6-25(7-12-28)32(26-8-13-29(37-2)14-9-26,27-10-15-30-23(21-27)16-20-38-30)17-4-19-33-18-3-5-24(22-33)31(34)35/h4,6-17,20-21,24H,3,5,18-19,22H2,1-2H3,(H,34,35)/b17-4+. The molecule has 0 spiro atoms. The summed E-state index contributed by atoms with van der Waals surface area (Å²) in [5, 5.41) is 12.9. The Bertz CT molecular complexity index is 1360. The van der Waals surface area contributed by atoms with E-state index in [1.807, 2.05) is 24.3 Å². The van der Waals surface area contributed by atoms with E-state index in [9.17, 15) is 9.90 Å². The Labute approximate surface area is 227 Å². The van der Waals surface area contributed by atoms with E-state index in [-0.39, 0.29) is 5.92 Å². The smallest absolute Gasteiger partial charge is 0.307 e. The van der Waals surface area contributed by atoms with E-state index in [0.29, 0.717) is 13.1 Å². The minimum Gasteiger partial charge on any atom is -0.497 e. The van der Waals surface area contributed by atoms with Crippen LogP contribution in [0.1, 0.15) is 29.5 Å². The lowest BCUT2D eigenvalue weighted by atomic mass is 9.69. The number of likely N-dealkylation sites (tertiary alicyclic amines) is 1. The molecule has 0 amide bonds. The number of nitrogens with zero attached hydrogens (tertiary/aromatic N) is 1.